The van der Waals surface area contributed by atoms with E-state index in [1.165, 1.54) is 27.5 Å². The molecule has 57 heavy (non-hydrogen) atoms. The molecule has 0 saturated carbocycles. The molecule has 4 nitrogen and oxygen atoms in total. The lowest BCUT2D eigenvalue weighted by molar-refractivity contribution is 0.673. The Morgan fingerprint density at radius 2 is 0.807 bits per heavy atom. The molecule has 0 bridgehead atoms. The number of rotatable bonds is 6. The largest absolute Gasteiger partial charge is 0.455 e. The van der Waals surface area contributed by atoms with Gasteiger partial charge in [0, 0.05) is 32.8 Å². The average Bonchev–Trinajstić information content (AvgIpc) is 3.68. The first-order chi connectivity index (χ1) is 28.2. The third kappa shape index (κ3) is 5.74. The highest BCUT2D eigenvalue weighted by Crippen LogP contribution is 2.44. The van der Waals surface area contributed by atoms with Crippen LogP contribution in [0.4, 0.5) is 0 Å². The molecule has 0 amide bonds. The summed E-state index contributed by atoms with van der Waals surface area (Å²) in [5, 5.41) is 6.94. The minimum atomic E-state index is 0.637. The first kappa shape index (κ1) is 32.7. The van der Waals surface area contributed by atoms with Crippen LogP contribution < -0.4 is 0 Å². The Kier molecular flexibility index (Phi) is 7.78. The zero-order valence-electron chi connectivity index (χ0n) is 30.8. The van der Waals surface area contributed by atoms with Crippen LogP contribution in [0.1, 0.15) is 0 Å². The zero-order chi connectivity index (χ0) is 37.7. The van der Waals surface area contributed by atoms with E-state index in [9.17, 15) is 0 Å². The maximum atomic E-state index is 6.72. The van der Waals surface area contributed by atoms with Crippen molar-refractivity contribution in [3.05, 3.63) is 200 Å². The van der Waals surface area contributed by atoms with Crippen molar-refractivity contribution in [3.8, 4) is 67.5 Å². The quantitative estimate of drug-likeness (QED) is 0.171. The van der Waals surface area contributed by atoms with E-state index in [4.69, 9.17) is 19.4 Å². The second-order valence-electron chi connectivity index (χ2n) is 14.4. The minimum Gasteiger partial charge on any atom is -0.455 e. The number of hydrogen-bond donors (Lipinski definition) is 0. The molecule has 0 spiro atoms. The Hall–Kier alpha value is -7.69. The molecule has 266 valence electrons. The van der Waals surface area contributed by atoms with Gasteiger partial charge in [-0.25, -0.2) is 15.0 Å². The zero-order valence-corrected chi connectivity index (χ0v) is 30.8. The fraction of sp³-hybridized carbons (Fsp3) is 0. The molecule has 2 heterocycles. The molecular formula is C53H33N3O. The van der Waals surface area contributed by atoms with Crippen LogP contribution in [0.15, 0.2) is 205 Å². The summed E-state index contributed by atoms with van der Waals surface area (Å²) in [4.78, 5) is 14.7. The summed E-state index contributed by atoms with van der Waals surface area (Å²) in [7, 11) is 0. The van der Waals surface area contributed by atoms with Crippen LogP contribution >= 0.6 is 0 Å². The molecule has 0 N–H and O–H groups in total. The van der Waals surface area contributed by atoms with Gasteiger partial charge in [0.15, 0.2) is 17.5 Å². The van der Waals surface area contributed by atoms with Gasteiger partial charge in [0.05, 0.1) is 0 Å². The molecular weight excluding hydrogens is 695 g/mol. The van der Waals surface area contributed by atoms with Crippen molar-refractivity contribution in [1.29, 1.82) is 0 Å². The van der Waals surface area contributed by atoms with Gasteiger partial charge in [-0.15, -0.1) is 0 Å². The molecule has 0 aliphatic heterocycles. The van der Waals surface area contributed by atoms with Crippen LogP contribution in [-0.4, -0.2) is 15.0 Å². The van der Waals surface area contributed by atoms with Gasteiger partial charge in [0.25, 0.3) is 0 Å². The lowest BCUT2D eigenvalue weighted by Gasteiger charge is -2.12. The van der Waals surface area contributed by atoms with Crippen LogP contribution in [0.25, 0.3) is 111 Å². The fourth-order valence-corrected chi connectivity index (χ4v) is 8.19. The SMILES string of the molecule is c1ccc(-c2nc(-c3ccccc3)nc(-c3ccc(-c4cccc(-c5cc6c(oc7cccc(-c8cccc9ccccc89)c76)c6ccccc56)c4)cc3)n2)cc1. The van der Waals surface area contributed by atoms with Gasteiger partial charge in [-0.2, -0.15) is 0 Å². The number of aromatic nitrogens is 3. The van der Waals surface area contributed by atoms with Gasteiger partial charge in [0.1, 0.15) is 11.2 Å². The topological polar surface area (TPSA) is 51.8 Å². The van der Waals surface area contributed by atoms with Crippen molar-refractivity contribution in [2.45, 2.75) is 0 Å². The van der Waals surface area contributed by atoms with Crippen molar-refractivity contribution >= 4 is 43.5 Å². The van der Waals surface area contributed by atoms with Crippen LogP contribution in [0, 0.1) is 0 Å². The molecule has 4 heteroatoms. The molecule has 2 aromatic heterocycles. The summed E-state index contributed by atoms with van der Waals surface area (Å²) in [6.45, 7) is 0. The van der Waals surface area contributed by atoms with Crippen molar-refractivity contribution in [1.82, 2.24) is 15.0 Å². The number of benzene rings is 9. The summed E-state index contributed by atoms with van der Waals surface area (Å²) in [5.41, 5.74) is 11.5. The van der Waals surface area contributed by atoms with Crippen molar-refractivity contribution in [3.63, 3.8) is 0 Å². The van der Waals surface area contributed by atoms with Gasteiger partial charge in [-0.1, -0.05) is 182 Å². The molecule has 0 fully saturated rings. The van der Waals surface area contributed by atoms with Gasteiger partial charge in [0.2, 0.25) is 0 Å². The van der Waals surface area contributed by atoms with Crippen molar-refractivity contribution < 1.29 is 4.42 Å². The standard InChI is InChI=1S/C53H33N3O/c1-3-15-36(16-4-1)51-54-52(37-17-5-2-6-18-37)56-53(55-51)38-30-28-34(29-31-38)39-20-11-21-40(32-39)46-33-47-49-44(42-25-12-19-35-14-7-8-22-41(35)42)26-13-27-48(49)57-50(47)45-24-10-9-23-43(45)46/h1-33H. The third-order valence-electron chi connectivity index (χ3n) is 10.9. The molecule has 9 aromatic carbocycles. The smallest absolute Gasteiger partial charge is 0.164 e. The fourth-order valence-electron chi connectivity index (χ4n) is 8.19. The first-order valence-corrected chi connectivity index (χ1v) is 19.2. The highest BCUT2D eigenvalue weighted by atomic mass is 16.3. The highest BCUT2D eigenvalue weighted by molar-refractivity contribution is 6.23. The number of nitrogens with zero attached hydrogens (tertiary/aromatic N) is 3. The summed E-state index contributed by atoms with van der Waals surface area (Å²) >= 11 is 0. The maximum Gasteiger partial charge on any atom is 0.164 e. The molecule has 11 rings (SSSR count). The average molecular weight is 728 g/mol. The Labute approximate surface area is 329 Å². The maximum absolute atomic E-state index is 6.72. The Morgan fingerprint density at radius 3 is 1.53 bits per heavy atom. The summed E-state index contributed by atoms with van der Waals surface area (Å²) in [6.07, 6.45) is 0. The van der Waals surface area contributed by atoms with E-state index < -0.39 is 0 Å². The second-order valence-corrected chi connectivity index (χ2v) is 14.4. The van der Waals surface area contributed by atoms with Gasteiger partial charge in [-0.3, -0.25) is 0 Å². The molecule has 0 atom stereocenters. The van der Waals surface area contributed by atoms with Crippen molar-refractivity contribution in [2.24, 2.45) is 0 Å². The summed E-state index contributed by atoms with van der Waals surface area (Å²) in [5.74, 6) is 1.93. The molecule has 11 aromatic rings. The van der Waals surface area contributed by atoms with Crippen LogP contribution in [0.3, 0.4) is 0 Å². The second kappa shape index (κ2) is 13.6. The normalized spacial score (nSPS) is 11.5. The first-order valence-electron chi connectivity index (χ1n) is 19.2. The van der Waals surface area contributed by atoms with E-state index in [0.29, 0.717) is 17.5 Å². The van der Waals surface area contributed by atoms with E-state index in [2.05, 4.69) is 140 Å². The molecule has 0 aliphatic carbocycles. The number of hydrogen-bond acceptors (Lipinski definition) is 4. The Balaban J connectivity index is 1.02. The third-order valence-corrected chi connectivity index (χ3v) is 10.9. The Bertz CT molecular complexity index is 3220. The number of fused-ring (bicyclic) bond motifs is 6. The van der Waals surface area contributed by atoms with E-state index in [1.54, 1.807) is 0 Å². The lowest BCUT2D eigenvalue weighted by Crippen LogP contribution is -2.00. The van der Waals surface area contributed by atoms with Crippen molar-refractivity contribution in [2.75, 3.05) is 0 Å². The molecule has 0 saturated heterocycles. The van der Waals surface area contributed by atoms with Gasteiger partial charge >= 0.3 is 0 Å². The molecule has 0 unspecified atom stereocenters. The molecule has 0 aliphatic rings. The van der Waals surface area contributed by atoms with Crippen LogP contribution in [-0.2, 0) is 0 Å². The van der Waals surface area contributed by atoms with E-state index in [-0.39, 0.29) is 0 Å². The predicted octanol–water partition coefficient (Wildman–Crippen LogP) is 14.1. The van der Waals surface area contributed by atoms with E-state index >= 15 is 0 Å². The Morgan fingerprint density at radius 1 is 0.298 bits per heavy atom. The lowest BCUT2D eigenvalue weighted by atomic mass is 9.91. The highest BCUT2D eigenvalue weighted by Gasteiger charge is 2.19. The summed E-state index contributed by atoms with van der Waals surface area (Å²) in [6, 6.07) is 70.0. The van der Waals surface area contributed by atoms with Crippen LogP contribution in [0.2, 0.25) is 0 Å². The summed E-state index contributed by atoms with van der Waals surface area (Å²) < 4.78 is 6.72. The monoisotopic (exact) mass is 727 g/mol. The molecule has 0 radical (unpaired) electrons. The van der Waals surface area contributed by atoms with E-state index in [1.807, 2.05) is 60.7 Å². The number of furan rings is 1. The minimum absolute atomic E-state index is 0.637. The van der Waals surface area contributed by atoms with E-state index in [0.717, 1.165) is 66.1 Å². The van der Waals surface area contributed by atoms with Gasteiger partial charge in [-0.05, 0) is 67.7 Å². The predicted molar refractivity (Wildman–Crippen MR) is 235 cm³/mol. The van der Waals surface area contributed by atoms with Gasteiger partial charge < -0.3 is 4.42 Å². The van der Waals surface area contributed by atoms with Crippen LogP contribution in [0.5, 0.6) is 0 Å².